The van der Waals surface area contributed by atoms with E-state index in [1.807, 2.05) is 18.2 Å². The van der Waals surface area contributed by atoms with E-state index in [9.17, 15) is 0 Å². The molecular weight excluding hydrogens is 240 g/mol. The smallest absolute Gasteiger partial charge is 0.219 e. The van der Waals surface area contributed by atoms with Crippen molar-refractivity contribution in [2.24, 2.45) is 4.99 Å². The molecule has 5 heteroatoms. The Morgan fingerprint density at radius 2 is 2.44 bits per heavy atom. The van der Waals surface area contributed by atoms with Crippen molar-refractivity contribution in [1.29, 1.82) is 0 Å². The number of benzene rings is 1. The van der Waals surface area contributed by atoms with Gasteiger partial charge in [-0.15, -0.1) is 0 Å². The highest BCUT2D eigenvalue weighted by atomic mass is 32.1. The first-order chi connectivity index (χ1) is 7.83. The van der Waals surface area contributed by atoms with Crippen molar-refractivity contribution in [3.63, 3.8) is 0 Å². The van der Waals surface area contributed by atoms with Crippen LogP contribution < -0.4 is 4.74 Å². The van der Waals surface area contributed by atoms with Gasteiger partial charge in [-0.3, -0.25) is 0 Å². The van der Waals surface area contributed by atoms with E-state index in [-0.39, 0.29) is 0 Å². The van der Waals surface area contributed by atoms with Gasteiger partial charge in [0.2, 0.25) is 5.13 Å². The number of hydrogen-bond acceptors (Lipinski definition) is 5. The lowest BCUT2D eigenvalue weighted by Gasteiger charge is -2.02. The summed E-state index contributed by atoms with van der Waals surface area (Å²) in [5.41, 5.74) is 0.915. The SMILES string of the molecule is CCCOc1ccc2nc(N=C=S)sc2c1. The molecule has 0 amide bonds. The maximum absolute atomic E-state index is 5.54. The van der Waals surface area contributed by atoms with Gasteiger partial charge in [-0.1, -0.05) is 18.3 Å². The molecule has 0 radical (unpaired) electrons. The molecule has 3 nitrogen and oxygen atoms in total. The van der Waals surface area contributed by atoms with Crippen molar-refractivity contribution >= 4 is 44.1 Å². The molecule has 0 saturated carbocycles. The number of thiocarbonyl (C=S) groups is 1. The fourth-order valence-corrected chi connectivity index (χ4v) is 2.26. The third-order valence-corrected chi connectivity index (χ3v) is 2.97. The molecule has 16 heavy (non-hydrogen) atoms. The molecule has 0 spiro atoms. The van der Waals surface area contributed by atoms with Gasteiger partial charge in [0.1, 0.15) is 5.75 Å². The zero-order chi connectivity index (χ0) is 11.4. The number of rotatable bonds is 4. The van der Waals surface area contributed by atoms with Gasteiger partial charge in [0.15, 0.2) is 0 Å². The van der Waals surface area contributed by atoms with E-state index in [4.69, 9.17) is 4.74 Å². The maximum atomic E-state index is 5.54. The Kier molecular flexibility index (Phi) is 3.62. The summed E-state index contributed by atoms with van der Waals surface area (Å²) in [7, 11) is 0. The average Bonchev–Trinajstić information content (AvgIpc) is 2.68. The normalized spacial score (nSPS) is 10.1. The fourth-order valence-electron chi connectivity index (χ4n) is 1.29. The summed E-state index contributed by atoms with van der Waals surface area (Å²) in [6, 6.07) is 5.83. The van der Waals surface area contributed by atoms with Crippen molar-refractivity contribution < 1.29 is 4.74 Å². The second-order valence-electron chi connectivity index (χ2n) is 3.18. The van der Waals surface area contributed by atoms with Gasteiger partial charge in [0, 0.05) is 0 Å². The highest BCUT2D eigenvalue weighted by molar-refractivity contribution is 7.78. The van der Waals surface area contributed by atoms with Gasteiger partial charge in [-0.2, -0.15) is 4.99 Å². The Bertz CT molecular complexity index is 544. The number of fused-ring (bicyclic) bond motifs is 1. The van der Waals surface area contributed by atoms with Gasteiger partial charge in [0.25, 0.3) is 0 Å². The minimum atomic E-state index is 0.637. The van der Waals surface area contributed by atoms with Crippen LogP contribution in [0, 0.1) is 0 Å². The first-order valence-corrected chi connectivity index (χ1v) is 6.17. The number of hydrogen-bond donors (Lipinski definition) is 0. The second-order valence-corrected chi connectivity index (χ2v) is 4.37. The van der Waals surface area contributed by atoms with Gasteiger partial charge in [-0.05, 0) is 36.8 Å². The number of isothiocyanates is 1. The predicted octanol–water partition coefficient (Wildman–Crippen LogP) is 3.82. The Balaban J connectivity index is 2.33. The molecule has 0 aliphatic heterocycles. The zero-order valence-corrected chi connectivity index (χ0v) is 10.4. The van der Waals surface area contributed by atoms with Crippen LogP contribution in [0.2, 0.25) is 0 Å². The number of ether oxygens (including phenoxy) is 1. The highest BCUT2D eigenvalue weighted by Crippen LogP contribution is 2.30. The molecule has 2 aromatic rings. The quantitative estimate of drug-likeness (QED) is 0.611. The predicted molar refractivity (Wildman–Crippen MR) is 70.1 cm³/mol. The minimum absolute atomic E-state index is 0.637. The first kappa shape index (κ1) is 11.2. The zero-order valence-electron chi connectivity index (χ0n) is 8.77. The fraction of sp³-hybridized carbons (Fsp3) is 0.273. The van der Waals surface area contributed by atoms with E-state index < -0.39 is 0 Å². The van der Waals surface area contributed by atoms with Gasteiger partial charge in [0.05, 0.1) is 22.0 Å². The molecule has 0 atom stereocenters. The van der Waals surface area contributed by atoms with Crippen LogP contribution in [0.5, 0.6) is 5.75 Å². The molecule has 0 aliphatic rings. The largest absolute Gasteiger partial charge is 0.494 e. The van der Waals surface area contributed by atoms with Crippen molar-refractivity contribution in [2.45, 2.75) is 13.3 Å². The molecule has 0 bridgehead atoms. The van der Waals surface area contributed by atoms with Crippen LogP contribution in [0.4, 0.5) is 5.13 Å². The maximum Gasteiger partial charge on any atom is 0.219 e. The van der Waals surface area contributed by atoms with E-state index in [0.29, 0.717) is 5.13 Å². The number of thiazole rings is 1. The summed E-state index contributed by atoms with van der Waals surface area (Å²) in [5, 5.41) is 2.96. The summed E-state index contributed by atoms with van der Waals surface area (Å²) in [6.07, 6.45) is 1.00. The van der Waals surface area contributed by atoms with Crippen LogP contribution >= 0.6 is 23.6 Å². The molecule has 1 aromatic carbocycles. The minimum Gasteiger partial charge on any atom is -0.494 e. The molecular formula is C11H10N2OS2. The van der Waals surface area contributed by atoms with Crippen LogP contribution in [0.1, 0.15) is 13.3 Å². The van der Waals surface area contributed by atoms with Crippen LogP contribution in [0.15, 0.2) is 23.2 Å². The van der Waals surface area contributed by atoms with Gasteiger partial charge in [-0.25, -0.2) is 4.98 Å². The lowest BCUT2D eigenvalue weighted by atomic mass is 10.3. The second kappa shape index (κ2) is 5.16. The Morgan fingerprint density at radius 1 is 1.56 bits per heavy atom. The average molecular weight is 250 g/mol. The third-order valence-electron chi connectivity index (χ3n) is 1.96. The van der Waals surface area contributed by atoms with Crippen LogP contribution in [-0.2, 0) is 0 Å². The van der Waals surface area contributed by atoms with Crippen molar-refractivity contribution in [2.75, 3.05) is 6.61 Å². The summed E-state index contributed by atoms with van der Waals surface area (Å²) < 4.78 is 6.60. The molecule has 82 valence electrons. The van der Waals surface area contributed by atoms with Crippen molar-refractivity contribution in [3.05, 3.63) is 18.2 Å². The lowest BCUT2D eigenvalue weighted by Crippen LogP contribution is -1.93. The molecule has 0 N–H and O–H groups in total. The number of aromatic nitrogens is 1. The summed E-state index contributed by atoms with van der Waals surface area (Å²) >= 11 is 6.03. The molecule has 0 aliphatic carbocycles. The summed E-state index contributed by atoms with van der Waals surface area (Å²) in [4.78, 5) is 8.16. The van der Waals surface area contributed by atoms with Crippen LogP contribution in [-0.4, -0.2) is 16.8 Å². The summed E-state index contributed by atoms with van der Waals surface area (Å²) in [6.45, 7) is 2.81. The first-order valence-electron chi connectivity index (χ1n) is 4.94. The molecule has 0 saturated heterocycles. The number of aliphatic imine (C=N–C) groups is 1. The summed E-state index contributed by atoms with van der Waals surface area (Å²) in [5.74, 6) is 0.871. The Labute approximate surface area is 103 Å². The standard InChI is InChI=1S/C11H10N2OS2/c1-2-5-14-8-3-4-9-10(6-8)16-11(13-9)12-7-15/h3-4,6H,2,5H2,1H3. The van der Waals surface area contributed by atoms with E-state index in [1.165, 1.54) is 11.3 Å². The van der Waals surface area contributed by atoms with E-state index >= 15 is 0 Å². The Morgan fingerprint density at radius 3 is 3.19 bits per heavy atom. The van der Waals surface area contributed by atoms with Crippen LogP contribution in [0.25, 0.3) is 10.2 Å². The molecule has 2 rings (SSSR count). The van der Waals surface area contributed by atoms with E-state index in [1.54, 1.807) is 0 Å². The van der Waals surface area contributed by atoms with Crippen LogP contribution in [0.3, 0.4) is 0 Å². The molecule has 0 fully saturated rings. The molecule has 1 aromatic heterocycles. The highest BCUT2D eigenvalue weighted by Gasteiger charge is 2.03. The number of nitrogens with zero attached hydrogens (tertiary/aromatic N) is 2. The van der Waals surface area contributed by atoms with E-state index in [2.05, 4.69) is 34.3 Å². The van der Waals surface area contributed by atoms with Gasteiger partial charge < -0.3 is 4.74 Å². The monoisotopic (exact) mass is 250 g/mol. The lowest BCUT2D eigenvalue weighted by molar-refractivity contribution is 0.318. The third kappa shape index (κ3) is 2.44. The Hall–Kier alpha value is -1.29. The topological polar surface area (TPSA) is 34.5 Å². The van der Waals surface area contributed by atoms with E-state index in [0.717, 1.165) is 29.0 Å². The van der Waals surface area contributed by atoms with Crippen molar-refractivity contribution in [1.82, 2.24) is 4.98 Å². The van der Waals surface area contributed by atoms with Gasteiger partial charge >= 0.3 is 0 Å². The molecule has 0 unspecified atom stereocenters. The molecule has 1 heterocycles. The van der Waals surface area contributed by atoms with Crippen molar-refractivity contribution in [3.8, 4) is 5.75 Å².